The summed E-state index contributed by atoms with van der Waals surface area (Å²) in [6.45, 7) is 7.45. The van der Waals surface area contributed by atoms with E-state index in [-0.39, 0.29) is 24.4 Å². The SMILES string of the molecule is C=C(c1ncc(-c2cc3ccncc3cc2O)nn1)[C@H]1C[C@@]2(C)N[C@](C)(CC2(F)F)[C@@H]1OC. The van der Waals surface area contributed by atoms with Crippen molar-refractivity contribution in [2.45, 2.75) is 49.8 Å². The third kappa shape index (κ3) is 3.29. The number of rotatable bonds is 4. The highest BCUT2D eigenvalue weighted by molar-refractivity contribution is 5.89. The Kier molecular flexibility index (Phi) is 4.77. The minimum Gasteiger partial charge on any atom is -0.507 e. The second-order valence-corrected chi connectivity index (χ2v) is 9.51. The minimum absolute atomic E-state index is 0.0376. The Morgan fingerprint density at radius 2 is 2.00 bits per heavy atom. The number of nitrogens with zero attached hydrogens (tertiary/aromatic N) is 4. The second-order valence-electron chi connectivity index (χ2n) is 9.51. The van der Waals surface area contributed by atoms with E-state index in [4.69, 9.17) is 4.74 Å². The summed E-state index contributed by atoms with van der Waals surface area (Å²) in [7, 11) is 1.53. The standard InChI is InChI=1S/C24H25F2N5O2/c1-13(17-9-23(3)24(25,26)12-22(2,31-23)20(17)33-4)21-28-11-18(29-30-21)16-7-14-5-6-27-10-15(14)8-19(16)32/h5-8,10-11,17,20,31-32H,1,9,12H2,2-4H3/t17-,20-,22-,23-/m1/s1. The molecule has 0 saturated carbocycles. The molecule has 2 saturated heterocycles. The lowest BCUT2D eigenvalue weighted by atomic mass is 9.74. The summed E-state index contributed by atoms with van der Waals surface area (Å²) in [4.78, 5) is 8.47. The van der Waals surface area contributed by atoms with Crippen molar-refractivity contribution in [3.8, 4) is 17.0 Å². The topological polar surface area (TPSA) is 93.1 Å². The molecule has 2 aliphatic heterocycles. The van der Waals surface area contributed by atoms with E-state index < -0.39 is 29.0 Å². The van der Waals surface area contributed by atoms with Crippen LogP contribution in [-0.4, -0.2) is 55.5 Å². The third-order valence-corrected chi connectivity index (χ3v) is 7.16. The van der Waals surface area contributed by atoms with Gasteiger partial charge in [0.05, 0.1) is 17.8 Å². The van der Waals surface area contributed by atoms with Crippen molar-refractivity contribution in [3.63, 3.8) is 0 Å². The average molecular weight is 453 g/mol. The van der Waals surface area contributed by atoms with E-state index in [1.807, 2.05) is 6.07 Å². The van der Waals surface area contributed by atoms with Crippen LogP contribution < -0.4 is 5.32 Å². The highest BCUT2D eigenvalue weighted by Crippen LogP contribution is 2.55. The second kappa shape index (κ2) is 7.23. The number of hydrogen-bond acceptors (Lipinski definition) is 7. The average Bonchev–Trinajstić information content (AvgIpc) is 2.92. The lowest BCUT2D eigenvalue weighted by Crippen LogP contribution is -2.64. The number of ether oxygens (including phenoxy) is 1. The van der Waals surface area contributed by atoms with Crippen LogP contribution in [0.5, 0.6) is 5.75 Å². The maximum atomic E-state index is 14.8. The Morgan fingerprint density at radius 3 is 2.70 bits per heavy atom. The lowest BCUT2D eigenvalue weighted by molar-refractivity contribution is -0.0653. The summed E-state index contributed by atoms with van der Waals surface area (Å²) in [5, 5.41) is 23.7. The van der Waals surface area contributed by atoms with Gasteiger partial charge in [0, 0.05) is 48.3 Å². The maximum absolute atomic E-state index is 14.8. The molecule has 2 N–H and O–H groups in total. The van der Waals surface area contributed by atoms with Crippen LogP contribution in [0.3, 0.4) is 0 Å². The Balaban J connectivity index is 1.46. The highest BCUT2D eigenvalue weighted by Gasteiger charge is 2.68. The van der Waals surface area contributed by atoms with Crippen molar-refractivity contribution < 1.29 is 18.6 Å². The molecule has 7 nitrogen and oxygen atoms in total. The normalized spacial score (nSPS) is 30.5. The van der Waals surface area contributed by atoms with Gasteiger partial charge in [-0.1, -0.05) is 6.58 Å². The molecule has 33 heavy (non-hydrogen) atoms. The van der Waals surface area contributed by atoms with Gasteiger partial charge in [0.1, 0.15) is 11.4 Å². The summed E-state index contributed by atoms with van der Waals surface area (Å²) in [6, 6.07) is 5.24. The number of pyridine rings is 1. The van der Waals surface area contributed by atoms with E-state index in [0.29, 0.717) is 16.8 Å². The molecule has 2 bridgehead atoms. The fraction of sp³-hybridized carbons (Fsp3) is 0.417. The van der Waals surface area contributed by atoms with Gasteiger partial charge in [-0.3, -0.25) is 10.3 Å². The van der Waals surface area contributed by atoms with Gasteiger partial charge in [-0.2, -0.15) is 0 Å². The van der Waals surface area contributed by atoms with Gasteiger partial charge < -0.3 is 9.84 Å². The number of hydrogen-bond donors (Lipinski definition) is 2. The smallest absolute Gasteiger partial charge is 0.267 e. The molecular weight excluding hydrogens is 428 g/mol. The van der Waals surface area contributed by atoms with Crippen LogP contribution in [0, 0.1) is 5.92 Å². The molecule has 0 aliphatic carbocycles. The number of phenolic OH excluding ortho intramolecular Hbond substituents is 1. The lowest BCUT2D eigenvalue weighted by Gasteiger charge is -2.47. The van der Waals surface area contributed by atoms with Crippen molar-refractivity contribution in [2.24, 2.45) is 5.92 Å². The number of piperidine rings is 1. The molecule has 2 aliphatic rings. The van der Waals surface area contributed by atoms with Crippen LogP contribution in [0.1, 0.15) is 32.5 Å². The number of methoxy groups -OCH3 is 1. The Labute approximate surface area is 189 Å². The molecule has 172 valence electrons. The number of alkyl halides is 2. The van der Waals surface area contributed by atoms with Gasteiger partial charge in [0.2, 0.25) is 0 Å². The molecule has 2 fully saturated rings. The van der Waals surface area contributed by atoms with Gasteiger partial charge in [0.25, 0.3) is 5.92 Å². The molecule has 0 spiro atoms. The van der Waals surface area contributed by atoms with E-state index >= 15 is 0 Å². The Hall–Kier alpha value is -3.04. The molecule has 0 radical (unpaired) electrons. The van der Waals surface area contributed by atoms with Gasteiger partial charge >= 0.3 is 0 Å². The molecular formula is C24H25F2N5O2. The van der Waals surface area contributed by atoms with Crippen LogP contribution in [0.4, 0.5) is 8.78 Å². The first-order valence-corrected chi connectivity index (χ1v) is 10.7. The summed E-state index contributed by atoms with van der Waals surface area (Å²) in [5.74, 6) is -2.98. The maximum Gasteiger partial charge on any atom is 0.267 e. The predicted molar refractivity (Wildman–Crippen MR) is 120 cm³/mol. The number of aromatic nitrogens is 4. The fourth-order valence-electron chi connectivity index (χ4n) is 5.56. The fourth-order valence-corrected chi connectivity index (χ4v) is 5.56. The zero-order valence-electron chi connectivity index (χ0n) is 18.6. The zero-order valence-corrected chi connectivity index (χ0v) is 18.6. The predicted octanol–water partition coefficient (Wildman–Crippen LogP) is 3.99. The molecule has 3 aromatic rings. The number of nitrogens with one attached hydrogen (secondary N) is 1. The molecule has 0 amide bonds. The molecule has 2 aromatic heterocycles. The van der Waals surface area contributed by atoms with Gasteiger partial charge in [-0.25, -0.2) is 13.8 Å². The number of halogens is 2. The number of benzene rings is 1. The first-order chi connectivity index (χ1) is 15.6. The first kappa shape index (κ1) is 21.8. The van der Waals surface area contributed by atoms with Gasteiger partial charge in [-0.15, -0.1) is 10.2 Å². The molecule has 4 atom stereocenters. The van der Waals surface area contributed by atoms with Crippen molar-refractivity contribution >= 4 is 16.3 Å². The van der Waals surface area contributed by atoms with Crippen LogP contribution in [0.15, 0.2) is 43.4 Å². The highest BCUT2D eigenvalue weighted by atomic mass is 19.3. The molecule has 0 unspecified atom stereocenters. The van der Waals surface area contributed by atoms with E-state index in [2.05, 4.69) is 32.1 Å². The third-order valence-electron chi connectivity index (χ3n) is 7.16. The monoisotopic (exact) mass is 453 g/mol. The molecule has 1 aromatic carbocycles. The van der Waals surface area contributed by atoms with E-state index in [1.54, 1.807) is 38.4 Å². The Bertz CT molecular complexity index is 1250. The largest absolute Gasteiger partial charge is 0.507 e. The number of phenols is 1. The number of fused-ring (bicyclic) bond motifs is 3. The van der Waals surface area contributed by atoms with E-state index in [0.717, 1.165) is 10.8 Å². The quantitative estimate of drug-likeness (QED) is 0.617. The van der Waals surface area contributed by atoms with Gasteiger partial charge in [-0.05, 0) is 49.4 Å². The van der Waals surface area contributed by atoms with Crippen molar-refractivity contribution in [1.82, 2.24) is 25.5 Å². The van der Waals surface area contributed by atoms with Crippen LogP contribution in [0.2, 0.25) is 0 Å². The van der Waals surface area contributed by atoms with Gasteiger partial charge in [0.15, 0.2) is 5.82 Å². The van der Waals surface area contributed by atoms with Crippen LogP contribution in [0.25, 0.3) is 27.6 Å². The number of aromatic hydroxyl groups is 1. The first-order valence-electron chi connectivity index (χ1n) is 10.7. The van der Waals surface area contributed by atoms with Crippen molar-refractivity contribution in [1.29, 1.82) is 0 Å². The van der Waals surface area contributed by atoms with Crippen LogP contribution >= 0.6 is 0 Å². The van der Waals surface area contributed by atoms with Crippen LogP contribution in [-0.2, 0) is 4.74 Å². The van der Waals surface area contributed by atoms with Crippen molar-refractivity contribution in [3.05, 3.63) is 49.2 Å². The molecule has 4 heterocycles. The zero-order chi connectivity index (χ0) is 23.6. The summed E-state index contributed by atoms with van der Waals surface area (Å²) in [6.07, 6.45) is 4.14. The van der Waals surface area contributed by atoms with E-state index in [9.17, 15) is 13.9 Å². The van der Waals surface area contributed by atoms with E-state index in [1.165, 1.54) is 13.3 Å². The summed E-state index contributed by atoms with van der Waals surface area (Å²) < 4.78 is 35.4. The Morgan fingerprint density at radius 1 is 1.21 bits per heavy atom. The summed E-state index contributed by atoms with van der Waals surface area (Å²) in [5.41, 5.74) is -0.893. The van der Waals surface area contributed by atoms with Crippen molar-refractivity contribution in [2.75, 3.05) is 7.11 Å². The molecule has 5 rings (SSSR count). The minimum atomic E-state index is -2.88. The summed E-state index contributed by atoms with van der Waals surface area (Å²) >= 11 is 0. The molecule has 9 heteroatoms.